The zero-order valence-corrected chi connectivity index (χ0v) is 13.6. The minimum absolute atomic E-state index is 0.0139. The Bertz CT molecular complexity index is 574. The molecule has 1 unspecified atom stereocenters. The van der Waals surface area contributed by atoms with Crippen LogP contribution in [0, 0.1) is 5.41 Å². The third kappa shape index (κ3) is 5.02. The second-order valence-corrected chi connectivity index (χ2v) is 6.45. The van der Waals surface area contributed by atoms with E-state index < -0.39 is 6.61 Å². The van der Waals surface area contributed by atoms with Crippen LogP contribution in [0.1, 0.15) is 13.3 Å². The van der Waals surface area contributed by atoms with E-state index in [4.69, 9.17) is 17.3 Å². The van der Waals surface area contributed by atoms with Gasteiger partial charge in [-0.25, -0.2) is 0 Å². The zero-order valence-electron chi connectivity index (χ0n) is 12.8. The lowest BCUT2D eigenvalue weighted by atomic mass is 9.90. The van der Waals surface area contributed by atoms with E-state index in [0.29, 0.717) is 12.2 Å². The second kappa shape index (κ2) is 7.42. The van der Waals surface area contributed by atoms with Gasteiger partial charge in [-0.15, -0.1) is 0 Å². The molecule has 128 valence electrons. The molecule has 1 heterocycles. The normalized spacial score (nSPS) is 21.7. The molecule has 1 atom stereocenters. The van der Waals surface area contributed by atoms with Crippen LogP contribution in [0.2, 0.25) is 5.02 Å². The number of carbonyl (C=O) groups excluding carboxylic acids is 1. The lowest BCUT2D eigenvalue weighted by Gasteiger charge is -2.22. The fourth-order valence-electron chi connectivity index (χ4n) is 2.60. The van der Waals surface area contributed by atoms with Gasteiger partial charge < -0.3 is 15.8 Å². The second-order valence-electron chi connectivity index (χ2n) is 6.05. The number of hydrogen-bond donors (Lipinski definition) is 2. The smallest absolute Gasteiger partial charge is 0.387 e. The molecule has 0 bridgehead atoms. The third-order valence-corrected chi connectivity index (χ3v) is 4.22. The highest BCUT2D eigenvalue weighted by atomic mass is 35.5. The largest absolute Gasteiger partial charge is 0.433 e. The van der Waals surface area contributed by atoms with Gasteiger partial charge in [-0.1, -0.05) is 18.5 Å². The van der Waals surface area contributed by atoms with Crippen molar-refractivity contribution in [3.05, 3.63) is 23.2 Å². The van der Waals surface area contributed by atoms with E-state index in [9.17, 15) is 13.6 Å². The first-order chi connectivity index (χ1) is 10.8. The first-order valence-corrected chi connectivity index (χ1v) is 7.66. The summed E-state index contributed by atoms with van der Waals surface area (Å²) in [5, 5.41) is 2.71. The van der Waals surface area contributed by atoms with Crippen molar-refractivity contribution in [2.45, 2.75) is 20.0 Å². The topological polar surface area (TPSA) is 67.6 Å². The third-order valence-electron chi connectivity index (χ3n) is 3.93. The highest BCUT2D eigenvalue weighted by Gasteiger charge is 2.33. The van der Waals surface area contributed by atoms with Crippen molar-refractivity contribution in [1.29, 1.82) is 0 Å². The number of hydrogen-bond acceptors (Lipinski definition) is 4. The molecule has 0 aromatic heterocycles. The fourth-order valence-corrected chi connectivity index (χ4v) is 2.83. The van der Waals surface area contributed by atoms with Crippen LogP contribution in [0.5, 0.6) is 5.75 Å². The summed E-state index contributed by atoms with van der Waals surface area (Å²) in [5.74, 6) is -0.317. The van der Waals surface area contributed by atoms with Gasteiger partial charge >= 0.3 is 6.61 Å². The number of nitrogens with zero attached hydrogens (tertiary/aromatic N) is 1. The number of benzene rings is 1. The van der Waals surface area contributed by atoms with Crippen molar-refractivity contribution < 1.29 is 18.3 Å². The monoisotopic (exact) mass is 347 g/mol. The van der Waals surface area contributed by atoms with Crippen LogP contribution in [0.4, 0.5) is 14.5 Å². The van der Waals surface area contributed by atoms with Crippen molar-refractivity contribution in [3.8, 4) is 5.75 Å². The molecule has 1 aliphatic heterocycles. The Kier molecular flexibility index (Phi) is 5.78. The Morgan fingerprint density at radius 2 is 2.30 bits per heavy atom. The van der Waals surface area contributed by atoms with Gasteiger partial charge in [0.05, 0.1) is 11.6 Å². The Hall–Kier alpha value is -1.44. The number of anilines is 1. The number of rotatable bonds is 6. The van der Waals surface area contributed by atoms with E-state index >= 15 is 0 Å². The van der Waals surface area contributed by atoms with Gasteiger partial charge in [-0.3, -0.25) is 9.69 Å². The summed E-state index contributed by atoms with van der Waals surface area (Å²) in [6, 6.07) is 4.14. The molecule has 1 saturated heterocycles. The van der Waals surface area contributed by atoms with Crippen LogP contribution >= 0.6 is 11.6 Å². The number of nitrogens with two attached hydrogens (primary N) is 1. The van der Waals surface area contributed by atoms with Crippen LogP contribution in [0.25, 0.3) is 0 Å². The fraction of sp³-hybridized carbons (Fsp3) is 0.533. The number of alkyl halides is 2. The molecule has 0 aliphatic carbocycles. The van der Waals surface area contributed by atoms with Gasteiger partial charge in [-0.05, 0) is 43.1 Å². The summed E-state index contributed by atoms with van der Waals surface area (Å²) in [6.45, 7) is 1.60. The number of amides is 1. The summed E-state index contributed by atoms with van der Waals surface area (Å²) in [7, 11) is 0. The molecule has 1 amide bonds. The average molecular weight is 348 g/mol. The predicted octanol–water partition coefficient (Wildman–Crippen LogP) is 2.55. The van der Waals surface area contributed by atoms with Crippen LogP contribution in [-0.2, 0) is 4.79 Å². The summed E-state index contributed by atoms with van der Waals surface area (Å²) < 4.78 is 28.6. The molecule has 2 rings (SSSR count). The lowest BCUT2D eigenvalue weighted by Crippen LogP contribution is -2.35. The maximum absolute atomic E-state index is 12.2. The molecule has 1 aromatic carbocycles. The minimum Gasteiger partial charge on any atom is -0.433 e. The minimum atomic E-state index is -2.94. The molecule has 3 N–H and O–H groups in total. The molecule has 0 spiro atoms. The van der Waals surface area contributed by atoms with Gasteiger partial charge in [0.25, 0.3) is 0 Å². The summed E-state index contributed by atoms with van der Waals surface area (Å²) in [5.41, 5.74) is 6.23. The molecule has 1 fully saturated rings. The lowest BCUT2D eigenvalue weighted by molar-refractivity contribution is -0.117. The number of likely N-dealkylation sites (tertiary alicyclic amines) is 1. The van der Waals surface area contributed by atoms with Gasteiger partial charge in [0.2, 0.25) is 5.91 Å². The SMILES string of the molecule is CC1(CN)CCN(CC(=O)Nc2ccc(OC(F)F)c(Cl)c2)C1. The van der Waals surface area contributed by atoms with E-state index in [1.165, 1.54) is 18.2 Å². The first kappa shape index (κ1) is 17.9. The quantitative estimate of drug-likeness (QED) is 0.830. The van der Waals surface area contributed by atoms with E-state index in [1.54, 1.807) is 0 Å². The summed E-state index contributed by atoms with van der Waals surface area (Å²) in [4.78, 5) is 14.1. The summed E-state index contributed by atoms with van der Waals surface area (Å²) >= 11 is 5.85. The van der Waals surface area contributed by atoms with Gasteiger partial charge in [-0.2, -0.15) is 8.78 Å². The zero-order chi connectivity index (χ0) is 17.0. The van der Waals surface area contributed by atoms with Gasteiger partial charge in [0.15, 0.2) is 0 Å². The first-order valence-electron chi connectivity index (χ1n) is 7.28. The number of nitrogens with one attached hydrogen (secondary N) is 1. The molecule has 0 saturated carbocycles. The van der Waals surface area contributed by atoms with Crippen LogP contribution < -0.4 is 15.8 Å². The number of carbonyl (C=O) groups is 1. The van der Waals surface area contributed by atoms with Gasteiger partial charge in [0.1, 0.15) is 5.75 Å². The summed E-state index contributed by atoms with van der Waals surface area (Å²) in [6.07, 6.45) is 0.961. The molecular formula is C15H20ClF2N3O2. The average Bonchev–Trinajstić information content (AvgIpc) is 2.83. The van der Waals surface area contributed by atoms with E-state index in [0.717, 1.165) is 19.5 Å². The number of halogens is 3. The van der Waals surface area contributed by atoms with E-state index in [2.05, 4.69) is 17.0 Å². The van der Waals surface area contributed by atoms with Crippen molar-refractivity contribution in [2.75, 3.05) is 31.5 Å². The maximum atomic E-state index is 12.2. The van der Waals surface area contributed by atoms with Crippen molar-refractivity contribution in [3.63, 3.8) is 0 Å². The van der Waals surface area contributed by atoms with E-state index in [-0.39, 0.29) is 28.6 Å². The Morgan fingerprint density at radius 1 is 1.57 bits per heavy atom. The van der Waals surface area contributed by atoms with Gasteiger partial charge in [0, 0.05) is 12.2 Å². The molecular weight excluding hydrogens is 328 g/mol. The molecule has 1 aromatic rings. The maximum Gasteiger partial charge on any atom is 0.387 e. The Balaban J connectivity index is 1.89. The standard InChI is InChI=1S/C15H20ClF2N3O2/c1-15(8-19)4-5-21(9-15)7-13(22)20-10-2-3-12(11(16)6-10)23-14(17)18/h2-3,6,14H,4-5,7-9,19H2,1H3,(H,20,22). The van der Waals surface area contributed by atoms with Crippen LogP contribution in [0.3, 0.4) is 0 Å². The molecule has 8 heteroatoms. The van der Waals surface area contributed by atoms with Crippen molar-refractivity contribution in [2.24, 2.45) is 11.1 Å². The van der Waals surface area contributed by atoms with Crippen LogP contribution in [-0.4, -0.2) is 43.6 Å². The highest BCUT2D eigenvalue weighted by molar-refractivity contribution is 6.32. The number of ether oxygens (including phenoxy) is 1. The Morgan fingerprint density at radius 3 is 2.87 bits per heavy atom. The van der Waals surface area contributed by atoms with Crippen LogP contribution in [0.15, 0.2) is 18.2 Å². The molecule has 0 radical (unpaired) electrons. The molecule has 1 aliphatic rings. The van der Waals surface area contributed by atoms with Crippen molar-refractivity contribution >= 4 is 23.2 Å². The van der Waals surface area contributed by atoms with E-state index in [1.807, 2.05) is 4.90 Å². The highest BCUT2D eigenvalue weighted by Crippen LogP contribution is 2.30. The van der Waals surface area contributed by atoms with Crippen molar-refractivity contribution in [1.82, 2.24) is 4.90 Å². The molecule has 5 nitrogen and oxygen atoms in total. The molecule has 23 heavy (non-hydrogen) atoms. The predicted molar refractivity (Wildman–Crippen MR) is 84.9 cm³/mol. The Labute approximate surface area is 138 Å².